The predicted octanol–water partition coefficient (Wildman–Crippen LogP) is 3.43. The molecule has 2 aromatic carbocycles. The average Bonchev–Trinajstić information content (AvgIpc) is 3.06. The molecule has 2 aliphatic rings. The number of nitrogens with two attached hydrogens (primary N) is 1. The number of nitrogens with zero attached hydrogens (tertiary/aromatic N) is 2. The quantitative estimate of drug-likeness (QED) is 0.853. The van der Waals surface area contributed by atoms with E-state index in [2.05, 4.69) is 5.10 Å². The number of fused-ring (bicyclic) bond motifs is 2. The molecule has 0 saturated carbocycles. The van der Waals surface area contributed by atoms with Crippen molar-refractivity contribution in [1.29, 1.82) is 0 Å². The number of carbonyl (C=O) groups excluding carboxylic acids is 1. The van der Waals surface area contributed by atoms with Crippen LogP contribution in [0.5, 0.6) is 5.75 Å². The molecule has 0 radical (unpaired) electrons. The zero-order chi connectivity index (χ0) is 19.9. The van der Waals surface area contributed by atoms with E-state index in [0.717, 1.165) is 11.6 Å². The van der Waals surface area contributed by atoms with Crippen LogP contribution in [-0.2, 0) is 9.67 Å². The summed E-state index contributed by atoms with van der Waals surface area (Å²) in [7, 11) is 0. The summed E-state index contributed by atoms with van der Waals surface area (Å²) in [4.78, 5) is 11.7. The minimum absolute atomic E-state index is 0.147. The third-order valence-corrected chi connectivity index (χ3v) is 6.53. The fraction of sp³-hybridized carbons (Fsp3) is 0.300. The average molecular weight is 403 g/mol. The van der Waals surface area contributed by atoms with Crippen LogP contribution in [-0.4, -0.2) is 29.1 Å². The Morgan fingerprint density at radius 1 is 1.36 bits per heavy atom. The van der Waals surface area contributed by atoms with Gasteiger partial charge in [-0.2, -0.15) is 5.10 Å². The van der Waals surface area contributed by atoms with Crippen LogP contribution in [0.1, 0.15) is 24.5 Å². The van der Waals surface area contributed by atoms with Crippen molar-refractivity contribution in [3.63, 3.8) is 0 Å². The number of para-hydroxylation sites is 1. The molecule has 2 atom stereocenters. The van der Waals surface area contributed by atoms with Gasteiger partial charge in [0.25, 0.3) is 0 Å². The van der Waals surface area contributed by atoms with Gasteiger partial charge in [-0.05, 0) is 31.2 Å². The number of rotatable bonds is 3. The van der Waals surface area contributed by atoms with E-state index in [1.807, 2.05) is 24.3 Å². The first kappa shape index (κ1) is 18.9. The second-order valence-electron chi connectivity index (χ2n) is 6.74. The molecule has 2 aliphatic heterocycles. The van der Waals surface area contributed by atoms with Gasteiger partial charge in [-0.3, -0.25) is 4.79 Å². The van der Waals surface area contributed by atoms with Crippen molar-refractivity contribution < 1.29 is 18.3 Å². The third-order valence-electron chi connectivity index (χ3n) is 5.00. The van der Waals surface area contributed by atoms with Gasteiger partial charge in [-0.1, -0.05) is 30.0 Å². The summed E-state index contributed by atoms with van der Waals surface area (Å²) in [5.41, 5.74) is 6.78. The summed E-state index contributed by atoms with van der Waals surface area (Å²) in [6.45, 7) is 2.19. The summed E-state index contributed by atoms with van der Waals surface area (Å²) < 4.78 is 33.7. The summed E-state index contributed by atoms with van der Waals surface area (Å²) in [5.74, 6) is -1.15. The number of carbonyl (C=O) groups is 1. The number of benzene rings is 2. The molecular weight excluding hydrogens is 384 g/mol. The molecule has 4 rings (SSSR count). The molecule has 0 bridgehead atoms. The lowest BCUT2D eigenvalue weighted by Gasteiger charge is -2.45. The fourth-order valence-electron chi connectivity index (χ4n) is 3.77. The summed E-state index contributed by atoms with van der Waals surface area (Å²) in [6, 6.07) is 10.8. The molecule has 1 amide bonds. The van der Waals surface area contributed by atoms with Crippen LogP contribution in [0.3, 0.4) is 0 Å². The second-order valence-corrected chi connectivity index (χ2v) is 7.95. The van der Waals surface area contributed by atoms with E-state index < -0.39 is 16.5 Å². The zero-order valence-electron chi connectivity index (χ0n) is 15.2. The molecule has 8 heteroatoms. The molecule has 28 heavy (non-hydrogen) atoms. The Hall–Kier alpha value is -2.45. The van der Waals surface area contributed by atoms with Gasteiger partial charge in [-0.15, -0.1) is 0 Å². The van der Waals surface area contributed by atoms with E-state index in [1.54, 1.807) is 0 Å². The van der Waals surface area contributed by atoms with Crippen molar-refractivity contribution in [3.8, 4) is 5.75 Å². The Labute approximate surface area is 165 Å². The van der Waals surface area contributed by atoms with Gasteiger partial charge in [-0.25, -0.2) is 13.8 Å². The van der Waals surface area contributed by atoms with E-state index in [9.17, 15) is 13.6 Å². The Morgan fingerprint density at radius 2 is 2.14 bits per heavy atom. The molecule has 0 saturated heterocycles. The number of amides is 1. The third kappa shape index (κ3) is 2.87. The van der Waals surface area contributed by atoms with E-state index in [1.165, 1.54) is 35.8 Å². The van der Waals surface area contributed by atoms with Crippen LogP contribution in [0.25, 0.3) is 0 Å². The first-order chi connectivity index (χ1) is 13.5. The molecule has 2 aromatic rings. The summed E-state index contributed by atoms with van der Waals surface area (Å²) in [5, 5.41) is 6.19. The lowest BCUT2D eigenvalue weighted by atomic mass is 9.86. The monoisotopic (exact) mass is 403 g/mol. The SMILES string of the molecule is CC(=O)N1N=C(c2ccc(F)cc2F)S[C@@]12c1ccccc1OC[C@H]2CCN. The number of thioether (sulfide) groups is 1. The van der Waals surface area contributed by atoms with E-state index in [0.29, 0.717) is 30.4 Å². The Kier molecular flexibility index (Phi) is 4.84. The molecular formula is C20H19F2N3O2S. The maximum absolute atomic E-state index is 14.4. The Morgan fingerprint density at radius 3 is 2.86 bits per heavy atom. The van der Waals surface area contributed by atoms with Gasteiger partial charge in [0.1, 0.15) is 22.4 Å². The molecule has 5 nitrogen and oxygen atoms in total. The number of hydrogen-bond acceptors (Lipinski definition) is 5. The molecule has 2 heterocycles. The van der Waals surface area contributed by atoms with Crippen LogP contribution in [0.4, 0.5) is 8.78 Å². The zero-order valence-corrected chi connectivity index (χ0v) is 16.0. The van der Waals surface area contributed by atoms with Gasteiger partial charge < -0.3 is 10.5 Å². The summed E-state index contributed by atoms with van der Waals surface area (Å²) >= 11 is 1.29. The van der Waals surface area contributed by atoms with E-state index >= 15 is 0 Å². The van der Waals surface area contributed by atoms with Gasteiger partial charge in [0.05, 0.1) is 6.61 Å². The smallest absolute Gasteiger partial charge is 0.241 e. The number of hydrogen-bond donors (Lipinski definition) is 1. The minimum atomic E-state index is -0.893. The first-order valence-electron chi connectivity index (χ1n) is 8.93. The van der Waals surface area contributed by atoms with Gasteiger partial charge in [0.15, 0.2) is 4.87 Å². The number of hydrazone groups is 1. The molecule has 0 aliphatic carbocycles. The number of halogens is 2. The van der Waals surface area contributed by atoms with Gasteiger partial charge >= 0.3 is 0 Å². The van der Waals surface area contributed by atoms with Crippen LogP contribution in [0.2, 0.25) is 0 Å². The highest BCUT2D eigenvalue weighted by Crippen LogP contribution is 2.57. The van der Waals surface area contributed by atoms with E-state index in [-0.39, 0.29) is 17.4 Å². The normalized spacial score (nSPS) is 23.4. The second kappa shape index (κ2) is 7.18. The van der Waals surface area contributed by atoms with Crippen LogP contribution in [0.15, 0.2) is 47.6 Å². The van der Waals surface area contributed by atoms with Crippen LogP contribution >= 0.6 is 11.8 Å². The Balaban J connectivity index is 1.88. The summed E-state index contributed by atoms with van der Waals surface area (Å²) in [6.07, 6.45) is 0.597. The van der Waals surface area contributed by atoms with Crippen molar-refractivity contribution in [3.05, 3.63) is 65.2 Å². The van der Waals surface area contributed by atoms with Crippen molar-refractivity contribution >= 4 is 22.7 Å². The maximum atomic E-state index is 14.4. The Bertz CT molecular complexity index is 968. The van der Waals surface area contributed by atoms with Crippen molar-refractivity contribution in [2.24, 2.45) is 16.8 Å². The molecule has 146 valence electrons. The molecule has 0 aromatic heterocycles. The highest BCUT2D eigenvalue weighted by Gasteiger charge is 2.56. The molecule has 2 N–H and O–H groups in total. The number of ether oxygens (including phenoxy) is 1. The fourth-order valence-corrected chi connectivity index (χ4v) is 5.35. The standard InChI is InChI=1S/C20H19F2N3O2S/c1-12(26)25-20(28-19(24-25)15-7-6-14(21)10-17(15)22)13(8-9-23)11-27-18-5-3-2-4-16(18)20/h2-7,10,13H,8-9,11,23H2,1H3/t13-,20+/m1/s1. The molecule has 1 spiro atoms. The van der Waals surface area contributed by atoms with Crippen LogP contribution in [0, 0.1) is 17.6 Å². The highest BCUT2D eigenvalue weighted by molar-refractivity contribution is 8.15. The van der Waals surface area contributed by atoms with Gasteiger partial charge in [0, 0.05) is 30.0 Å². The largest absolute Gasteiger partial charge is 0.493 e. The van der Waals surface area contributed by atoms with E-state index in [4.69, 9.17) is 10.5 Å². The topological polar surface area (TPSA) is 67.9 Å². The predicted molar refractivity (Wildman–Crippen MR) is 104 cm³/mol. The lowest BCUT2D eigenvalue weighted by Crippen LogP contribution is -2.51. The molecule has 0 fully saturated rings. The minimum Gasteiger partial charge on any atom is -0.493 e. The van der Waals surface area contributed by atoms with Crippen molar-refractivity contribution in [2.45, 2.75) is 18.2 Å². The van der Waals surface area contributed by atoms with Crippen LogP contribution < -0.4 is 10.5 Å². The van der Waals surface area contributed by atoms with Crippen molar-refractivity contribution in [1.82, 2.24) is 5.01 Å². The van der Waals surface area contributed by atoms with Crippen molar-refractivity contribution in [2.75, 3.05) is 13.2 Å². The highest BCUT2D eigenvalue weighted by atomic mass is 32.2. The molecule has 0 unspecified atom stereocenters. The first-order valence-corrected chi connectivity index (χ1v) is 9.75. The lowest BCUT2D eigenvalue weighted by molar-refractivity contribution is -0.134. The maximum Gasteiger partial charge on any atom is 0.241 e. The van der Waals surface area contributed by atoms with Gasteiger partial charge in [0.2, 0.25) is 5.91 Å².